The number of halogens is 1. The van der Waals surface area contributed by atoms with Gasteiger partial charge in [0.25, 0.3) is 0 Å². The lowest BCUT2D eigenvalue weighted by Gasteiger charge is -2.05. The molecule has 118 valence electrons. The van der Waals surface area contributed by atoms with Gasteiger partial charge in [-0.2, -0.15) is 5.26 Å². The Morgan fingerprint density at radius 1 is 1.33 bits per heavy atom. The minimum absolute atomic E-state index is 0.0930. The number of hydrogen-bond acceptors (Lipinski definition) is 5. The van der Waals surface area contributed by atoms with E-state index in [1.165, 1.54) is 12.3 Å². The molecule has 0 amide bonds. The quantitative estimate of drug-likeness (QED) is 0.692. The van der Waals surface area contributed by atoms with Crippen LogP contribution in [-0.4, -0.2) is 16.1 Å². The number of aromatic nitrogens is 1. The van der Waals surface area contributed by atoms with Crippen molar-refractivity contribution in [1.29, 1.82) is 5.26 Å². The third-order valence-corrected chi connectivity index (χ3v) is 3.47. The Labute approximate surface area is 141 Å². The van der Waals surface area contributed by atoms with Crippen LogP contribution in [0.25, 0.3) is 16.7 Å². The van der Waals surface area contributed by atoms with Gasteiger partial charge in [-0.1, -0.05) is 23.7 Å². The monoisotopic (exact) mass is 339 g/mol. The van der Waals surface area contributed by atoms with Crippen LogP contribution in [0, 0.1) is 11.3 Å². The minimum Gasteiger partial charge on any atom is -0.478 e. The lowest BCUT2D eigenvalue weighted by molar-refractivity contribution is 0.0698. The van der Waals surface area contributed by atoms with Crippen molar-refractivity contribution in [1.82, 2.24) is 4.98 Å². The van der Waals surface area contributed by atoms with Gasteiger partial charge in [0.2, 0.25) is 5.89 Å². The highest BCUT2D eigenvalue weighted by Crippen LogP contribution is 2.24. The summed E-state index contributed by atoms with van der Waals surface area (Å²) in [6, 6.07) is 13.3. The van der Waals surface area contributed by atoms with Crippen molar-refractivity contribution in [2.45, 2.75) is 0 Å². The molecule has 3 rings (SSSR count). The summed E-state index contributed by atoms with van der Waals surface area (Å²) in [4.78, 5) is 15.4. The van der Waals surface area contributed by atoms with Gasteiger partial charge in [0.05, 0.1) is 11.3 Å². The fourth-order valence-corrected chi connectivity index (χ4v) is 2.27. The number of aromatic carboxylic acids is 1. The van der Waals surface area contributed by atoms with Crippen molar-refractivity contribution in [3.63, 3.8) is 0 Å². The van der Waals surface area contributed by atoms with Crippen molar-refractivity contribution >= 4 is 39.9 Å². The molecule has 0 radical (unpaired) electrons. The molecule has 0 aliphatic carbocycles. The summed E-state index contributed by atoms with van der Waals surface area (Å²) in [6.07, 6.45) is 1.36. The van der Waals surface area contributed by atoms with E-state index in [4.69, 9.17) is 21.1 Å². The molecule has 2 N–H and O–H groups in total. The second-order valence-electron chi connectivity index (χ2n) is 4.80. The van der Waals surface area contributed by atoms with Crippen molar-refractivity contribution in [3.8, 4) is 6.07 Å². The van der Waals surface area contributed by atoms with Gasteiger partial charge in [0, 0.05) is 11.2 Å². The van der Waals surface area contributed by atoms with Gasteiger partial charge in [-0.3, -0.25) is 0 Å². The molecule has 0 fully saturated rings. The highest BCUT2D eigenvalue weighted by atomic mass is 35.5. The van der Waals surface area contributed by atoms with Crippen LogP contribution >= 0.6 is 11.6 Å². The minimum atomic E-state index is -1.07. The summed E-state index contributed by atoms with van der Waals surface area (Å²) in [5.41, 5.74) is 1.61. The molecule has 0 bridgehead atoms. The molecular formula is C17H10ClN3O3. The average Bonchev–Trinajstić information content (AvgIpc) is 2.98. The van der Waals surface area contributed by atoms with E-state index in [0.29, 0.717) is 21.8 Å². The van der Waals surface area contributed by atoms with Crippen LogP contribution in [0.2, 0.25) is 5.02 Å². The Kier molecular flexibility index (Phi) is 4.18. The molecule has 0 unspecified atom stereocenters. The van der Waals surface area contributed by atoms with Gasteiger partial charge < -0.3 is 14.8 Å². The van der Waals surface area contributed by atoms with Crippen molar-refractivity contribution in [3.05, 3.63) is 65.1 Å². The predicted molar refractivity (Wildman–Crippen MR) is 89.6 cm³/mol. The van der Waals surface area contributed by atoms with Crippen LogP contribution in [-0.2, 0) is 0 Å². The molecule has 7 heteroatoms. The summed E-state index contributed by atoms with van der Waals surface area (Å²) >= 11 is 5.90. The molecule has 0 aliphatic heterocycles. The maximum atomic E-state index is 11.2. The standard InChI is InChI=1S/C17H10ClN3O3/c18-11-5-6-15-14(7-11)21-16(24-15)10(8-19)9-20-13-4-2-1-3-12(13)17(22)23/h1-7,9,20H,(H,22,23)/b10-9+. The second-order valence-corrected chi connectivity index (χ2v) is 5.23. The summed E-state index contributed by atoms with van der Waals surface area (Å²) in [5.74, 6) is -0.948. The number of carboxylic acid groups (broad SMARTS) is 1. The maximum absolute atomic E-state index is 11.2. The van der Waals surface area contributed by atoms with Gasteiger partial charge in [-0.15, -0.1) is 0 Å². The van der Waals surface area contributed by atoms with Crippen LogP contribution < -0.4 is 5.32 Å². The number of nitriles is 1. The third-order valence-electron chi connectivity index (χ3n) is 3.23. The first-order chi connectivity index (χ1) is 11.6. The number of nitrogens with zero attached hydrogens (tertiary/aromatic N) is 2. The number of allylic oxidation sites excluding steroid dienone is 1. The topological polar surface area (TPSA) is 99.2 Å². The smallest absolute Gasteiger partial charge is 0.337 e. The maximum Gasteiger partial charge on any atom is 0.337 e. The number of fused-ring (bicyclic) bond motifs is 1. The van der Waals surface area contributed by atoms with Gasteiger partial charge in [-0.25, -0.2) is 9.78 Å². The number of nitrogens with one attached hydrogen (secondary N) is 1. The van der Waals surface area contributed by atoms with E-state index in [0.717, 1.165) is 0 Å². The molecule has 1 aromatic heterocycles. The van der Waals surface area contributed by atoms with Crippen LogP contribution in [0.3, 0.4) is 0 Å². The van der Waals surface area contributed by atoms with Crippen molar-refractivity contribution < 1.29 is 14.3 Å². The number of benzene rings is 2. The zero-order valence-electron chi connectivity index (χ0n) is 12.2. The number of carboxylic acids is 1. The molecule has 6 nitrogen and oxygen atoms in total. The SMILES string of the molecule is N#C/C(=C\Nc1ccccc1C(=O)O)c1nc2cc(Cl)ccc2o1. The Morgan fingerprint density at radius 3 is 2.88 bits per heavy atom. The van der Waals surface area contributed by atoms with Gasteiger partial charge in [0.1, 0.15) is 17.2 Å². The zero-order valence-corrected chi connectivity index (χ0v) is 12.9. The van der Waals surface area contributed by atoms with Crippen LogP contribution in [0.1, 0.15) is 16.2 Å². The second kappa shape index (κ2) is 6.44. The average molecular weight is 340 g/mol. The van der Waals surface area contributed by atoms with E-state index >= 15 is 0 Å². The van der Waals surface area contributed by atoms with E-state index < -0.39 is 5.97 Å². The van der Waals surface area contributed by atoms with Crippen molar-refractivity contribution in [2.75, 3.05) is 5.32 Å². The zero-order chi connectivity index (χ0) is 17.1. The van der Waals surface area contributed by atoms with Gasteiger partial charge in [0.15, 0.2) is 5.58 Å². The summed E-state index contributed by atoms with van der Waals surface area (Å²) in [7, 11) is 0. The molecule has 0 atom stereocenters. The molecule has 0 aliphatic rings. The predicted octanol–water partition coefficient (Wildman–Crippen LogP) is 4.16. The third kappa shape index (κ3) is 3.07. The van der Waals surface area contributed by atoms with E-state index in [9.17, 15) is 10.1 Å². The molecule has 3 aromatic rings. The molecule has 2 aromatic carbocycles. The summed E-state index contributed by atoms with van der Waals surface area (Å²) < 4.78 is 5.53. The normalized spacial score (nSPS) is 11.2. The Morgan fingerprint density at radius 2 is 2.12 bits per heavy atom. The number of anilines is 1. The first kappa shape index (κ1) is 15.6. The Bertz CT molecular complexity index is 1000. The number of hydrogen-bond donors (Lipinski definition) is 2. The van der Waals surface area contributed by atoms with Gasteiger partial charge in [-0.05, 0) is 30.3 Å². The van der Waals surface area contributed by atoms with Crippen LogP contribution in [0.4, 0.5) is 5.69 Å². The number of oxazole rings is 1. The molecular weight excluding hydrogens is 330 g/mol. The molecule has 0 saturated carbocycles. The van der Waals surface area contributed by atoms with E-state index in [1.807, 2.05) is 6.07 Å². The first-order valence-electron chi connectivity index (χ1n) is 6.84. The summed E-state index contributed by atoms with van der Waals surface area (Å²) in [5, 5.41) is 21.8. The van der Waals surface area contributed by atoms with E-state index in [1.54, 1.807) is 36.4 Å². The number of carbonyl (C=O) groups is 1. The molecule has 0 saturated heterocycles. The molecule has 1 heterocycles. The van der Waals surface area contributed by atoms with Crippen molar-refractivity contribution in [2.24, 2.45) is 0 Å². The fourth-order valence-electron chi connectivity index (χ4n) is 2.10. The fraction of sp³-hybridized carbons (Fsp3) is 0. The summed E-state index contributed by atoms with van der Waals surface area (Å²) in [6.45, 7) is 0. The first-order valence-corrected chi connectivity index (χ1v) is 7.22. The lowest BCUT2D eigenvalue weighted by atomic mass is 10.2. The lowest BCUT2D eigenvalue weighted by Crippen LogP contribution is -2.02. The number of para-hydroxylation sites is 1. The van der Waals surface area contributed by atoms with Crippen LogP contribution in [0.15, 0.2) is 53.1 Å². The van der Waals surface area contributed by atoms with Crippen LogP contribution in [0.5, 0.6) is 0 Å². The Balaban J connectivity index is 1.95. The van der Waals surface area contributed by atoms with E-state index in [-0.39, 0.29) is 17.0 Å². The highest BCUT2D eigenvalue weighted by molar-refractivity contribution is 6.31. The van der Waals surface area contributed by atoms with Gasteiger partial charge >= 0.3 is 5.97 Å². The number of rotatable bonds is 4. The largest absolute Gasteiger partial charge is 0.478 e. The highest BCUT2D eigenvalue weighted by Gasteiger charge is 2.12. The van der Waals surface area contributed by atoms with E-state index in [2.05, 4.69) is 10.3 Å². The molecule has 0 spiro atoms. The molecule has 24 heavy (non-hydrogen) atoms. The Hall–Kier alpha value is -3.30.